The van der Waals surface area contributed by atoms with Crippen LogP contribution in [0.25, 0.3) is 0 Å². The van der Waals surface area contributed by atoms with Crippen molar-refractivity contribution in [3.63, 3.8) is 0 Å². The second-order valence-corrected chi connectivity index (χ2v) is 7.55. The Kier molecular flexibility index (Phi) is 2.89. The first-order chi connectivity index (χ1) is 10.3. The third kappa shape index (κ3) is 1.52. The quantitative estimate of drug-likeness (QED) is 0.693. The van der Waals surface area contributed by atoms with Gasteiger partial charge in [0.15, 0.2) is 11.9 Å². The first kappa shape index (κ1) is 14.7. The van der Waals surface area contributed by atoms with Crippen molar-refractivity contribution in [3.05, 3.63) is 11.1 Å². The lowest BCUT2D eigenvalue weighted by molar-refractivity contribution is -0.313. The van der Waals surface area contributed by atoms with E-state index < -0.39 is 17.5 Å². The van der Waals surface area contributed by atoms with Crippen molar-refractivity contribution < 1.29 is 24.1 Å². The summed E-state index contributed by atoms with van der Waals surface area (Å²) in [7, 11) is 0. The molecule has 2 heterocycles. The molecule has 0 aromatic carbocycles. The van der Waals surface area contributed by atoms with Crippen LogP contribution in [0.5, 0.6) is 0 Å². The Balaban J connectivity index is 1.81. The van der Waals surface area contributed by atoms with Crippen LogP contribution >= 0.6 is 0 Å². The van der Waals surface area contributed by atoms with Crippen LogP contribution in [-0.4, -0.2) is 41.8 Å². The minimum atomic E-state index is -1.14. The Labute approximate surface area is 130 Å². The van der Waals surface area contributed by atoms with Crippen LogP contribution in [0, 0.1) is 11.3 Å². The van der Waals surface area contributed by atoms with Crippen molar-refractivity contribution >= 4 is 5.97 Å². The molecule has 0 unspecified atom stereocenters. The first-order valence-electron chi connectivity index (χ1n) is 8.25. The molecule has 0 aromatic heterocycles. The summed E-state index contributed by atoms with van der Waals surface area (Å²) in [6.07, 6.45) is 2.73. The summed E-state index contributed by atoms with van der Waals surface area (Å²) in [5.41, 5.74) is 0.204. The van der Waals surface area contributed by atoms with E-state index in [2.05, 4.69) is 6.92 Å². The molecule has 2 aliphatic carbocycles. The van der Waals surface area contributed by atoms with Gasteiger partial charge < -0.3 is 19.3 Å². The maximum Gasteiger partial charge on any atom is 0.334 e. The Morgan fingerprint density at radius 2 is 1.86 bits per heavy atom. The Morgan fingerprint density at radius 1 is 1.18 bits per heavy atom. The molecule has 4 rings (SSSR count). The second-order valence-electron chi connectivity index (χ2n) is 7.55. The zero-order valence-electron chi connectivity index (χ0n) is 13.5. The molecule has 1 saturated heterocycles. The van der Waals surface area contributed by atoms with Crippen molar-refractivity contribution in [2.24, 2.45) is 11.3 Å². The van der Waals surface area contributed by atoms with Crippen LogP contribution < -0.4 is 0 Å². The molecule has 4 aliphatic rings. The van der Waals surface area contributed by atoms with Crippen molar-refractivity contribution in [2.75, 3.05) is 13.2 Å². The van der Waals surface area contributed by atoms with Crippen molar-refractivity contribution in [3.8, 4) is 0 Å². The van der Waals surface area contributed by atoms with Crippen molar-refractivity contribution in [2.45, 2.75) is 63.9 Å². The number of fused-ring (bicyclic) bond motifs is 3. The molecule has 2 saturated carbocycles. The fourth-order valence-electron chi connectivity index (χ4n) is 5.14. The van der Waals surface area contributed by atoms with Gasteiger partial charge in [0.1, 0.15) is 5.60 Å². The summed E-state index contributed by atoms with van der Waals surface area (Å²) < 4.78 is 17.4. The first-order valence-corrected chi connectivity index (χ1v) is 8.25. The fourth-order valence-corrected chi connectivity index (χ4v) is 5.14. The molecule has 0 aromatic rings. The highest BCUT2D eigenvalue weighted by molar-refractivity contribution is 5.92. The van der Waals surface area contributed by atoms with Gasteiger partial charge in [-0.25, -0.2) is 4.79 Å². The Hall–Kier alpha value is -0.910. The predicted molar refractivity (Wildman–Crippen MR) is 77.9 cm³/mol. The van der Waals surface area contributed by atoms with Gasteiger partial charge in [-0.3, -0.25) is 0 Å². The van der Waals surface area contributed by atoms with E-state index in [1.807, 2.05) is 6.92 Å². The molecule has 5 heteroatoms. The molecular formula is C17H24O5. The van der Waals surface area contributed by atoms with E-state index in [1.165, 1.54) is 0 Å². The van der Waals surface area contributed by atoms with Gasteiger partial charge in [-0.2, -0.15) is 0 Å². The molecule has 2 aliphatic heterocycles. The molecule has 3 fully saturated rings. The number of hydrogen-bond acceptors (Lipinski definition) is 5. The van der Waals surface area contributed by atoms with Gasteiger partial charge in [0.05, 0.1) is 13.2 Å². The van der Waals surface area contributed by atoms with E-state index in [4.69, 9.17) is 14.2 Å². The highest BCUT2D eigenvalue weighted by atomic mass is 16.7. The molecule has 1 N–H and O–H groups in total. The largest absolute Gasteiger partial charge is 0.451 e. The SMILES string of the molecule is CC1=C2CC[C@@]3(C)CCC4(OCCO4)[C@H](C)[C@]3(O)[C@H]2OC1=O. The number of aliphatic hydroxyl groups is 1. The predicted octanol–water partition coefficient (Wildman–Crippen LogP) is 1.93. The highest BCUT2D eigenvalue weighted by Crippen LogP contribution is 2.62. The Morgan fingerprint density at radius 3 is 2.55 bits per heavy atom. The molecule has 0 radical (unpaired) electrons. The number of esters is 1. The monoisotopic (exact) mass is 308 g/mol. The van der Waals surface area contributed by atoms with Crippen molar-refractivity contribution in [1.82, 2.24) is 0 Å². The lowest BCUT2D eigenvalue weighted by Crippen LogP contribution is -2.70. The molecule has 5 nitrogen and oxygen atoms in total. The van der Waals surface area contributed by atoms with Crippen LogP contribution in [0.15, 0.2) is 11.1 Å². The molecular weight excluding hydrogens is 284 g/mol. The van der Waals surface area contributed by atoms with Crippen molar-refractivity contribution in [1.29, 1.82) is 0 Å². The highest BCUT2D eigenvalue weighted by Gasteiger charge is 2.70. The van der Waals surface area contributed by atoms with Crippen LogP contribution in [0.2, 0.25) is 0 Å². The Bertz CT molecular complexity index is 561. The van der Waals surface area contributed by atoms with Gasteiger partial charge >= 0.3 is 5.97 Å². The minimum absolute atomic E-state index is 0.250. The molecule has 1 spiro atoms. The lowest BCUT2D eigenvalue weighted by atomic mass is 9.50. The standard InChI is InChI=1S/C17H24O5/c1-10-12-4-5-15(3)6-7-16(20-8-9-21-16)11(2)17(15,19)13(12)22-14(10)18/h11,13,19H,4-9H2,1-3H3/t11-,13-,15-,17-/m0/s1. The third-order valence-corrected chi connectivity index (χ3v) is 6.76. The molecule has 0 bridgehead atoms. The van der Waals surface area contributed by atoms with E-state index in [9.17, 15) is 9.90 Å². The van der Waals surface area contributed by atoms with E-state index in [0.717, 1.165) is 31.3 Å². The van der Waals surface area contributed by atoms with Crippen LogP contribution in [0.1, 0.15) is 46.5 Å². The van der Waals surface area contributed by atoms with Crippen LogP contribution in [0.4, 0.5) is 0 Å². The molecule has 122 valence electrons. The van der Waals surface area contributed by atoms with Gasteiger partial charge in [-0.1, -0.05) is 13.8 Å². The maximum absolute atomic E-state index is 12.0. The maximum atomic E-state index is 12.0. The van der Waals surface area contributed by atoms with E-state index in [1.54, 1.807) is 6.92 Å². The smallest absolute Gasteiger partial charge is 0.334 e. The van der Waals surface area contributed by atoms with Gasteiger partial charge in [0.2, 0.25) is 0 Å². The van der Waals surface area contributed by atoms with Gasteiger partial charge in [0.25, 0.3) is 0 Å². The van der Waals surface area contributed by atoms with Gasteiger partial charge in [-0.15, -0.1) is 0 Å². The summed E-state index contributed by atoms with van der Waals surface area (Å²) in [5, 5.41) is 11.8. The fraction of sp³-hybridized carbons (Fsp3) is 0.824. The van der Waals surface area contributed by atoms with E-state index in [0.29, 0.717) is 18.8 Å². The van der Waals surface area contributed by atoms with Crippen LogP contribution in [0.3, 0.4) is 0 Å². The number of rotatable bonds is 0. The molecule has 0 amide bonds. The van der Waals surface area contributed by atoms with Crippen LogP contribution in [-0.2, 0) is 19.0 Å². The molecule has 4 atom stereocenters. The van der Waals surface area contributed by atoms with E-state index >= 15 is 0 Å². The summed E-state index contributed by atoms with van der Waals surface area (Å²) in [6, 6.07) is 0. The number of hydrogen-bond donors (Lipinski definition) is 1. The topological polar surface area (TPSA) is 65.0 Å². The number of carbonyl (C=O) groups is 1. The average Bonchev–Trinajstić information content (AvgIpc) is 3.07. The zero-order chi connectivity index (χ0) is 15.8. The van der Waals surface area contributed by atoms with Gasteiger partial charge in [0, 0.05) is 23.3 Å². The normalized spacial score (nSPS) is 46.6. The van der Waals surface area contributed by atoms with Gasteiger partial charge in [-0.05, 0) is 31.8 Å². The summed E-state index contributed by atoms with van der Waals surface area (Å²) in [5.74, 6) is -1.28. The third-order valence-electron chi connectivity index (χ3n) is 6.76. The second kappa shape index (κ2) is 4.34. The molecule has 22 heavy (non-hydrogen) atoms. The lowest BCUT2D eigenvalue weighted by Gasteiger charge is -2.61. The number of ether oxygens (including phenoxy) is 3. The summed E-state index contributed by atoms with van der Waals surface area (Å²) in [6.45, 7) is 7.01. The zero-order valence-corrected chi connectivity index (χ0v) is 13.5. The summed E-state index contributed by atoms with van der Waals surface area (Å²) >= 11 is 0. The number of carbonyl (C=O) groups excluding carboxylic acids is 1. The minimum Gasteiger partial charge on any atom is -0.451 e. The summed E-state index contributed by atoms with van der Waals surface area (Å²) in [4.78, 5) is 12.0. The average molecular weight is 308 g/mol. The van der Waals surface area contributed by atoms with E-state index in [-0.39, 0.29) is 17.3 Å².